The van der Waals surface area contributed by atoms with Gasteiger partial charge in [0.15, 0.2) is 12.2 Å². The van der Waals surface area contributed by atoms with Gasteiger partial charge < -0.3 is 5.11 Å². The summed E-state index contributed by atoms with van der Waals surface area (Å²) in [6, 6.07) is 9.91. The lowest BCUT2D eigenvalue weighted by Crippen LogP contribution is -2.41. The second-order valence-electron chi connectivity index (χ2n) is 3.51. The number of aromatic nitrogens is 1. The predicted molar refractivity (Wildman–Crippen MR) is 61.7 cm³/mol. The monoisotopic (exact) mass is 234 g/mol. The van der Waals surface area contributed by atoms with Crippen molar-refractivity contribution in [3.8, 4) is 0 Å². The van der Waals surface area contributed by atoms with E-state index in [9.17, 15) is 4.79 Å². The Balaban J connectivity index is 2.38. The molecule has 0 amide bonds. The Morgan fingerprint density at radius 3 is 2.69 bits per heavy atom. The highest BCUT2D eigenvalue weighted by atomic mass is 32.1. The molecule has 1 N–H and O–H groups in total. The molecule has 0 aliphatic heterocycles. The Labute approximate surface area is 97.6 Å². The maximum Gasteiger partial charge on any atom is 0.412 e. The summed E-state index contributed by atoms with van der Waals surface area (Å²) in [5, 5.41) is 11.2. The summed E-state index contributed by atoms with van der Waals surface area (Å²) in [4.78, 5) is 11.0. The van der Waals surface area contributed by atoms with Crippen molar-refractivity contribution in [3.63, 3.8) is 0 Å². The van der Waals surface area contributed by atoms with Crippen LogP contribution in [-0.4, -0.2) is 11.1 Å². The lowest BCUT2D eigenvalue weighted by molar-refractivity contribution is -0.708. The fourth-order valence-corrected chi connectivity index (χ4v) is 2.41. The van der Waals surface area contributed by atoms with Gasteiger partial charge >= 0.3 is 11.0 Å². The van der Waals surface area contributed by atoms with Crippen LogP contribution in [0.3, 0.4) is 0 Å². The third-order valence-corrected chi connectivity index (χ3v) is 3.38. The number of aromatic carboxylic acids is 1. The lowest BCUT2D eigenvalue weighted by atomic mass is 10.1. The molecule has 0 saturated heterocycles. The van der Waals surface area contributed by atoms with Crippen LogP contribution in [0.4, 0.5) is 0 Å². The van der Waals surface area contributed by atoms with E-state index in [-0.39, 0.29) is 6.04 Å². The fraction of sp³-hybridized carbons (Fsp3) is 0.167. The first-order chi connectivity index (χ1) is 7.70. The van der Waals surface area contributed by atoms with Gasteiger partial charge in [0.05, 0.1) is 5.38 Å². The second kappa shape index (κ2) is 4.45. The van der Waals surface area contributed by atoms with Crippen LogP contribution in [0.5, 0.6) is 0 Å². The van der Waals surface area contributed by atoms with Crippen LogP contribution in [-0.2, 0) is 0 Å². The van der Waals surface area contributed by atoms with Crippen molar-refractivity contribution in [1.82, 2.24) is 0 Å². The van der Waals surface area contributed by atoms with E-state index in [1.165, 1.54) is 11.3 Å². The van der Waals surface area contributed by atoms with Crippen LogP contribution in [0, 0.1) is 0 Å². The van der Waals surface area contributed by atoms with Gasteiger partial charge in [-0.15, -0.1) is 0 Å². The minimum atomic E-state index is -0.877. The Bertz CT molecular complexity index is 493. The van der Waals surface area contributed by atoms with Crippen molar-refractivity contribution < 1.29 is 14.5 Å². The van der Waals surface area contributed by atoms with Gasteiger partial charge in [-0.3, -0.25) is 0 Å². The molecule has 0 fully saturated rings. The normalized spacial score (nSPS) is 12.3. The molecule has 0 spiro atoms. The van der Waals surface area contributed by atoms with E-state index in [0.717, 1.165) is 5.56 Å². The van der Waals surface area contributed by atoms with Crippen molar-refractivity contribution in [1.29, 1.82) is 0 Å². The van der Waals surface area contributed by atoms with E-state index < -0.39 is 5.97 Å². The van der Waals surface area contributed by atoms with Gasteiger partial charge in [0, 0.05) is 12.5 Å². The first-order valence-electron chi connectivity index (χ1n) is 4.97. The Morgan fingerprint density at radius 2 is 2.06 bits per heavy atom. The van der Waals surface area contributed by atoms with Crippen LogP contribution >= 0.6 is 11.3 Å². The van der Waals surface area contributed by atoms with Gasteiger partial charge in [0.1, 0.15) is 0 Å². The molecule has 2 aromatic rings. The average molecular weight is 234 g/mol. The number of carboxylic acids is 1. The third-order valence-electron chi connectivity index (χ3n) is 2.52. The summed E-state index contributed by atoms with van der Waals surface area (Å²) in [6.45, 7) is 1.99. The van der Waals surface area contributed by atoms with Gasteiger partial charge in [0.2, 0.25) is 0 Å². The highest BCUT2D eigenvalue weighted by Crippen LogP contribution is 2.14. The molecule has 3 nitrogen and oxygen atoms in total. The van der Waals surface area contributed by atoms with Crippen LogP contribution in [0.1, 0.15) is 28.3 Å². The topological polar surface area (TPSA) is 41.2 Å². The molecule has 0 bridgehead atoms. The van der Waals surface area contributed by atoms with Crippen molar-refractivity contribution >= 4 is 17.3 Å². The summed E-state index contributed by atoms with van der Waals surface area (Å²) < 4.78 is 1.78. The summed E-state index contributed by atoms with van der Waals surface area (Å²) >= 11 is 1.24. The molecule has 1 unspecified atom stereocenters. The van der Waals surface area contributed by atoms with Gasteiger partial charge in [-0.2, -0.15) is 4.57 Å². The molecule has 1 aromatic carbocycles. The van der Waals surface area contributed by atoms with Crippen LogP contribution in [0.2, 0.25) is 0 Å². The van der Waals surface area contributed by atoms with E-state index in [0.29, 0.717) is 5.01 Å². The molecule has 0 radical (unpaired) electrons. The second-order valence-corrected chi connectivity index (χ2v) is 4.40. The molecule has 16 heavy (non-hydrogen) atoms. The fourth-order valence-electron chi connectivity index (χ4n) is 1.65. The molecule has 0 aliphatic rings. The van der Waals surface area contributed by atoms with Gasteiger partial charge in [0.25, 0.3) is 0 Å². The Morgan fingerprint density at radius 1 is 1.38 bits per heavy atom. The molecular formula is C12H12NO2S+. The van der Waals surface area contributed by atoms with E-state index in [1.807, 2.05) is 43.5 Å². The van der Waals surface area contributed by atoms with Gasteiger partial charge in [-0.25, -0.2) is 4.79 Å². The molecule has 82 valence electrons. The van der Waals surface area contributed by atoms with E-state index in [2.05, 4.69) is 0 Å². The number of hydrogen-bond donors (Lipinski definition) is 1. The predicted octanol–water partition coefficient (Wildman–Crippen LogP) is 2.34. The summed E-state index contributed by atoms with van der Waals surface area (Å²) in [6.07, 6.45) is 1.81. The molecule has 1 atom stereocenters. The Hall–Kier alpha value is -1.68. The minimum absolute atomic E-state index is 0.0403. The summed E-state index contributed by atoms with van der Waals surface area (Å²) in [5.74, 6) is -0.877. The number of nitrogens with zero attached hydrogens (tertiary/aromatic N) is 1. The number of thiazole rings is 1. The van der Waals surface area contributed by atoms with Crippen molar-refractivity contribution in [3.05, 3.63) is 52.5 Å². The van der Waals surface area contributed by atoms with Crippen molar-refractivity contribution in [2.24, 2.45) is 0 Å². The number of carbonyl (C=O) groups is 1. The number of hydrogen-bond acceptors (Lipinski definition) is 2. The lowest BCUT2D eigenvalue weighted by Gasteiger charge is -2.05. The zero-order valence-corrected chi connectivity index (χ0v) is 9.65. The summed E-state index contributed by atoms with van der Waals surface area (Å²) in [7, 11) is 0. The van der Waals surface area contributed by atoms with E-state index in [1.54, 1.807) is 9.95 Å². The number of carboxylic acid groups (broad SMARTS) is 1. The van der Waals surface area contributed by atoms with E-state index >= 15 is 0 Å². The maximum absolute atomic E-state index is 11.0. The molecule has 2 rings (SSSR count). The first-order valence-corrected chi connectivity index (χ1v) is 5.85. The first kappa shape index (κ1) is 10.8. The van der Waals surface area contributed by atoms with Gasteiger partial charge in [-0.05, 0) is 0 Å². The largest absolute Gasteiger partial charge is 0.473 e. The zero-order chi connectivity index (χ0) is 11.5. The minimum Gasteiger partial charge on any atom is -0.473 e. The molecule has 1 aromatic heterocycles. The highest BCUT2D eigenvalue weighted by Gasteiger charge is 2.25. The van der Waals surface area contributed by atoms with Crippen LogP contribution in [0.15, 0.2) is 41.9 Å². The van der Waals surface area contributed by atoms with Crippen LogP contribution in [0.25, 0.3) is 0 Å². The van der Waals surface area contributed by atoms with E-state index in [4.69, 9.17) is 5.11 Å². The van der Waals surface area contributed by atoms with Gasteiger partial charge in [-0.1, -0.05) is 41.7 Å². The average Bonchev–Trinajstić information content (AvgIpc) is 2.78. The standard InChI is InChI=1S/C12H11NO2S/c1-9(10-5-3-2-4-6-10)13-7-8-16-11(13)12(14)15/h2-9H,1H3/p+1. The molecule has 0 saturated carbocycles. The highest BCUT2D eigenvalue weighted by molar-refractivity contribution is 7.11. The van der Waals surface area contributed by atoms with Crippen molar-refractivity contribution in [2.45, 2.75) is 13.0 Å². The molecule has 4 heteroatoms. The number of rotatable bonds is 3. The molecule has 0 aliphatic carbocycles. The van der Waals surface area contributed by atoms with Crippen molar-refractivity contribution in [2.75, 3.05) is 0 Å². The SMILES string of the molecule is CC(c1ccccc1)[n+]1ccsc1C(=O)O. The molecule has 1 heterocycles. The Kier molecular flexibility index (Phi) is 3.01. The smallest absolute Gasteiger partial charge is 0.412 e. The van der Waals surface area contributed by atoms with Crippen LogP contribution < -0.4 is 4.57 Å². The number of benzene rings is 1. The zero-order valence-electron chi connectivity index (χ0n) is 8.83. The summed E-state index contributed by atoms with van der Waals surface area (Å²) in [5.41, 5.74) is 1.11. The third kappa shape index (κ3) is 1.97. The maximum atomic E-state index is 11.0. The molecular weight excluding hydrogens is 222 g/mol. The quantitative estimate of drug-likeness (QED) is 0.828.